The topological polar surface area (TPSA) is 101 Å². The van der Waals surface area contributed by atoms with Gasteiger partial charge in [0, 0.05) is 41.3 Å². The highest BCUT2D eigenvalue weighted by atomic mass is 19.4. The van der Waals surface area contributed by atoms with Gasteiger partial charge in [-0.3, -0.25) is 4.79 Å². The van der Waals surface area contributed by atoms with Crippen molar-refractivity contribution < 1.29 is 35.9 Å². The van der Waals surface area contributed by atoms with Crippen molar-refractivity contribution in [2.24, 2.45) is 0 Å². The Kier molecular flexibility index (Phi) is 8.48. The molecule has 8 nitrogen and oxygen atoms in total. The van der Waals surface area contributed by atoms with Gasteiger partial charge in [-0.25, -0.2) is 15.0 Å². The van der Waals surface area contributed by atoms with Crippen molar-refractivity contribution >= 4 is 23.1 Å². The lowest BCUT2D eigenvalue weighted by atomic mass is 10.1. The van der Waals surface area contributed by atoms with Crippen LogP contribution in [0.2, 0.25) is 0 Å². The van der Waals surface area contributed by atoms with Gasteiger partial charge < -0.3 is 20.7 Å². The summed E-state index contributed by atoms with van der Waals surface area (Å²) in [6, 6.07) is 10.1. The Morgan fingerprint density at radius 1 is 0.977 bits per heavy atom. The quantitative estimate of drug-likeness (QED) is 0.193. The number of nitrogens with zero attached hydrogens (tertiary/aromatic N) is 3. The summed E-state index contributed by atoms with van der Waals surface area (Å²) in [5.74, 6) is -1.02. The van der Waals surface area contributed by atoms with Crippen molar-refractivity contribution in [2.75, 3.05) is 23.8 Å². The molecule has 5 rings (SSSR count). The van der Waals surface area contributed by atoms with Gasteiger partial charge in [-0.05, 0) is 67.9 Å². The van der Waals surface area contributed by atoms with Crippen LogP contribution in [0, 0.1) is 0 Å². The molecule has 4 aromatic rings. The van der Waals surface area contributed by atoms with Crippen LogP contribution >= 0.6 is 0 Å². The molecule has 1 fully saturated rings. The molecule has 0 radical (unpaired) electrons. The molecule has 1 saturated heterocycles. The lowest BCUT2D eigenvalue weighted by Crippen LogP contribution is -2.28. The predicted octanol–water partition coefficient (Wildman–Crippen LogP) is 6.70. The molecule has 1 aliphatic rings. The number of rotatable bonds is 8. The fourth-order valence-electron chi connectivity index (χ4n) is 4.54. The number of ether oxygens (including phenoxy) is 1. The molecule has 0 aliphatic carbocycles. The highest BCUT2D eigenvalue weighted by Crippen LogP contribution is 2.38. The van der Waals surface area contributed by atoms with Crippen LogP contribution in [0.1, 0.15) is 34.3 Å². The van der Waals surface area contributed by atoms with E-state index in [9.17, 15) is 31.1 Å². The van der Waals surface area contributed by atoms with Crippen molar-refractivity contribution in [3.05, 3.63) is 90.0 Å². The molecule has 0 unspecified atom stereocenters. The van der Waals surface area contributed by atoms with Crippen LogP contribution in [0.3, 0.4) is 0 Å². The number of carbonyl (C=O) groups is 1. The van der Waals surface area contributed by atoms with Crippen LogP contribution < -0.4 is 20.7 Å². The first-order chi connectivity index (χ1) is 20.5. The van der Waals surface area contributed by atoms with E-state index in [0.717, 1.165) is 43.7 Å². The smallest absolute Gasteiger partial charge is 0.418 e. The summed E-state index contributed by atoms with van der Waals surface area (Å²) in [6.07, 6.45) is -3.71. The molecule has 2 aromatic heterocycles. The molecule has 0 spiro atoms. The minimum Gasteiger partial charge on any atom is -0.492 e. The first-order valence-corrected chi connectivity index (χ1v) is 13.1. The number of halogens is 6. The summed E-state index contributed by atoms with van der Waals surface area (Å²) in [7, 11) is 0. The largest absolute Gasteiger partial charge is 0.492 e. The van der Waals surface area contributed by atoms with Crippen molar-refractivity contribution in [2.45, 2.75) is 31.2 Å². The van der Waals surface area contributed by atoms with Gasteiger partial charge in [0.25, 0.3) is 5.91 Å². The lowest BCUT2D eigenvalue weighted by Gasteiger charge is -2.18. The summed E-state index contributed by atoms with van der Waals surface area (Å²) in [4.78, 5) is 25.2. The summed E-state index contributed by atoms with van der Waals surface area (Å²) in [5.41, 5.74) is -2.35. The number of alkyl halides is 6. The minimum absolute atomic E-state index is 0.0142. The number of hydrogen-bond donors (Lipinski definition) is 3. The molecule has 3 N–H and O–H groups in total. The van der Waals surface area contributed by atoms with Crippen LogP contribution in [0.25, 0.3) is 11.3 Å². The molecular weight excluding hydrogens is 578 g/mol. The Bertz CT molecular complexity index is 1590. The van der Waals surface area contributed by atoms with E-state index in [1.54, 1.807) is 18.2 Å². The highest BCUT2D eigenvalue weighted by molar-refractivity contribution is 6.05. The zero-order chi connectivity index (χ0) is 30.6. The number of aromatic nitrogens is 3. The average molecular weight is 603 g/mol. The van der Waals surface area contributed by atoms with Gasteiger partial charge in [0.05, 0.1) is 22.5 Å². The molecule has 1 aliphatic heterocycles. The molecule has 0 saturated carbocycles. The van der Waals surface area contributed by atoms with Gasteiger partial charge in [0.2, 0.25) is 0 Å². The average Bonchev–Trinajstić information content (AvgIpc) is 3.50. The van der Waals surface area contributed by atoms with E-state index >= 15 is 0 Å². The van der Waals surface area contributed by atoms with Crippen molar-refractivity contribution in [3.8, 4) is 17.0 Å². The fourth-order valence-corrected chi connectivity index (χ4v) is 4.54. The standard InChI is InChI=1S/C29H24F6N6O2/c30-28(31,32)18-12-20(14-21(13-18)43-15-19-3-1-8-37-19)40-27(42)17-5-6-23(29(33,34)35)25(11-17)41-26-22(4-2-9-38-26)24-7-10-36-16-39-24/h2,4-7,9-14,16,19,37H,1,3,8,15H2,(H,38,41)(H,40,42)/t19-/m0/s1. The Balaban J connectivity index is 1.44. The maximum atomic E-state index is 13.9. The van der Waals surface area contributed by atoms with Gasteiger partial charge in [0.15, 0.2) is 0 Å². The van der Waals surface area contributed by atoms with Gasteiger partial charge in [-0.1, -0.05) is 0 Å². The number of hydrogen-bond acceptors (Lipinski definition) is 7. The number of amides is 1. The Morgan fingerprint density at radius 3 is 2.51 bits per heavy atom. The summed E-state index contributed by atoms with van der Waals surface area (Å²) in [6.45, 7) is 0.914. The molecule has 2 aromatic carbocycles. The van der Waals surface area contributed by atoms with Crippen LogP contribution in [0.4, 0.5) is 43.5 Å². The van der Waals surface area contributed by atoms with Crippen LogP contribution in [-0.4, -0.2) is 40.1 Å². The summed E-state index contributed by atoms with van der Waals surface area (Å²) in [5, 5.41) is 8.17. The third-order valence-corrected chi connectivity index (χ3v) is 6.61. The molecule has 3 heterocycles. The Labute approximate surface area is 241 Å². The molecule has 1 atom stereocenters. The van der Waals surface area contributed by atoms with E-state index in [1.807, 2.05) is 0 Å². The van der Waals surface area contributed by atoms with Crippen LogP contribution in [-0.2, 0) is 12.4 Å². The van der Waals surface area contributed by atoms with Crippen molar-refractivity contribution in [1.82, 2.24) is 20.3 Å². The van der Waals surface area contributed by atoms with E-state index < -0.39 is 35.1 Å². The van der Waals surface area contributed by atoms with Crippen molar-refractivity contribution in [3.63, 3.8) is 0 Å². The van der Waals surface area contributed by atoms with Gasteiger partial charge in [-0.15, -0.1) is 0 Å². The summed E-state index contributed by atoms with van der Waals surface area (Å²) < 4.78 is 88.2. The zero-order valence-electron chi connectivity index (χ0n) is 22.3. The second kappa shape index (κ2) is 12.3. The number of anilines is 3. The first kappa shape index (κ1) is 29.8. The second-order valence-electron chi connectivity index (χ2n) is 9.68. The highest BCUT2D eigenvalue weighted by Gasteiger charge is 2.35. The number of pyridine rings is 1. The maximum absolute atomic E-state index is 13.9. The van der Waals surface area contributed by atoms with E-state index in [4.69, 9.17) is 4.74 Å². The predicted molar refractivity (Wildman–Crippen MR) is 146 cm³/mol. The molecule has 224 valence electrons. The number of carbonyl (C=O) groups excluding carboxylic acids is 1. The molecule has 1 amide bonds. The number of benzene rings is 2. The van der Waals surface area contributed by atoms with E-state index in [-0.39, 0.29) is 35.5 Å². The molecule has 14 heteroatoms. The SMILES string of the molecule is O=C(Nc1cc(OC[C@@H]2CCCN2)cc(C(F)(F)F)c1)c1ccc(C(F)(F)F)c(Nc2ncccc2-c2ccncn2)c1. The molecule has 43 heavy (non-hydrogen) atoms. The maximum Gasteiger partial charge on any atom is 0.418 e. The van der Waals surface area contributed by atoms with E-state index in [1.165, 1.54) is 24.8 Å². The van der Waals surface area contributed by atoms with Crippen LogP contribution in [0.5, 0.6) is 5.75 Å². The first-order valence-electron chi connectivity index (χ1n) is 13.1. The summed E-state index contributed by atoms with van der Waals surface area (Å²) >= 11 is 0. The van der Waals surface area contributed by atoms with Crippen LogP contribution in [0.15, 0.2) is 73.3 Å². The van der Waals surface area contributed by atoms with Gasteiger partial charge in [0.1, 0.15) is 24.5 Å². The van der Waals surface area contributed by atoms with Gasteiger partial charge >= 0.3 is 12.4 Å². The fraction of sp³-hybridized carbons (Fsp3) is 0.241. The van der Waals surface area contributed by atoms with Crippen molar-refractivity contribution in [1.29, 1.82) is 0 Å². The number of nitrogens with one attached hydrogen (secondary N) is 3. The third kappa shape index (κ3) is 7.38. The molecule has 0 bridgehead atoms. The van der Waals surface area contributed by atoms with E-state index in [0.29, 0.717) is 17.3 Å². The Hall–Kier alpha value is -4.72. The normalized spacial score (nSPS) is 15.3. The third-order valence-electron chi connectivity index (χ3n) is 6.61. The lowest BCUT2D eigenvalue weighted by molar-refractivity contribution is -0.138. The zero-order valence-corrected chi connectivity index (χ0v) is 22.3. The second-order valence-corrected chi connectivity index (χ2v) is 9.68. The monoisotopic (exact) mass is 602 g/mol. The minimum atomic E-state index is -4.80. The Morgan fingerprint density at radius 2 is 1.81 bits per heavy atom. The van der Waals surface area contributed by atoms with Gasteiger partial charge in [-0.2, -0.15) is 26.3 Å². The van der Waals surface area contributed by atoms with E-state index in [2.05, 4.69) is 30.9 Å². The molecular formula is C29H24F6N6O2.